The minimum atomic E-state index is -0.364. The average molecular weight is 218 g/mol. The largest absolute Gasteiger partial charge is 0.391 e. The maximum absolute atomic E-state index is 9.96. The Hall–Kier alpha value is -1.39. The van der Waals surface area contributed by atoms with Gasteiger partial charge in [0.25, 0.3) is 0 Å². The zero-order chi connectivity index (χ0) is 11.0. The van der Waals surface area contributed by atoms with Crippen LogP contribution < -0.4 is 0 Å². The van der Waals surface area contributed by atoms with Crippen LogP contribution in [0, 0.1) is 0 Å². The van der Waals surface area contributed by atoms with Gasteiger partial charge >= 0.3 is 0 Å². The molecule has 0 amide bonds. The second-order valence-corrected chi connectivity index (χ2v) is 4.15. The summed E-state index contributed by atoms with van der Waals surface area (Å²) in [7, 11) is 0. The minimum Gasteiger partial charge on any atom is -0.391 e. The smallest absolute Gasteiger partial charge is 0.102 e. The molecule has 0 aliphatic carbocycles. The van der Waals surface area contributed by atoms with Gasteiger partial charge in [0.1, 0.15) is 6.04 Å². The van der Waals surface area contributed by atoms with Crippen LogP contribution in [0.4, 0.5) is 0 Å². The summed E-state index contributed by atoms with van der Waals surface area (Å²) in [6, 6.07) is 7.95. The van der Waals surface area contributed by atoms with Gasteiger partial charge in [-0.2, -0.15) is 5.10 Å². The maximum atomic E-state index is 9.96. The van der Waals surface area contributed by atoms with Crippen molar-refractivity contribution in [2.75, 3.05) is 13.2 Å². The molecule has 2 aromatic rings. The van der Waals surface area contributed by atoms with Crippen LogP contribution in [0.5, 0.6) is 0 Å². The number of aromatic nitrogens is 2. The molecule has 1 aliphatic heterocycles. The lowest BCUT2D eigenvalue weighted by Gasteiger charge is -2.28. The molecule has 1 N–H and O–H groups in total. The van der Waals surface area contributed by atoms with Crippen molar-refractivity contribution in [1.29, 1.82) is 0 Å². The average Bonchev–Trinajstić information content (AvgIpc) is 2.74. The summed E-state index contributed by atoms with van der Waals surface area (Å²) in [5, 5.41) is 15.4. The zero-order valence-electron chi connectivity index (χ0n) is 8.91. The lowest BCUT2D eigenvalue weighted by atomic mass is 10.1. The number of hydrogen-bond donors (Lipinski definition) is 1. The first-order valence-electron chi connectivity index (χ1n) is 5.54. The highest BCUT2D eigenvalue weighted by Gasteiger charge is 2.26. The number of aliphatic hydroxyl groups is 1. The van der Waals surface area contributed by atoms with E-state index in [1.807, 2.05) is 35.1 Å². The fraction of sp³-hybridized carbons (Fsp3) is 0.417. The van der Waals surface area contributed by atoms with Crippen LogP contribution in [0.25, 0.3) is 10.9 Å². The molecule has 0 radical (unpaired) electrons. The first kappa shape index (κ1) is 9.81. The number of aliphatic hydroxyl groups excluding tert-OH is 1. The van der Waals surface area contributed by atoms with Crippen LogP contribution in [0.3, 0.4) is 0 Å². The fourth-order valence-corrected chi connectivity index (χ4v) is 2.20. The Morgan fingerprint density at radius 1 is 1.38 bits per heavy atom. The summed E-state index contributed by atoms with van der Waals surface area (Å²) in [5.74, 6) is 0. The van der Waals surface area contributed by atoms with Crippen molar-refractivity contribution < 1.29 is 9.84 Å². The molecule has 1 aliphatic rings. The summed E-state index contributed by atoms with van der Waals surface area (Å²) < 4.78 is 7.28. The lowest BCUT2D eigenvalue weighted by Crippen LogP contribution is -2.34. The van der Waals surface area contributed by atoms with E-state index in [1.165, 1.54) is 0 Å². The van der Waals surface area contributed by atoms with E-state index in [2.05, 4.69) is 5.10 Å². The van der Waals surface area contributed by atoms with E-state index in [4.69, 9.17) is 4.74 Å². The Kier molecular flexibility index (Phi) is 2.38. The molecule has 1 saturated heterocycles. The standard InChI is InChI=1S/C12H14N2O2/c15-12-5-6-16-8-11(12)14-10-4-2-1-3-9(10)7-13-14/h1-4,7,11-12,15H,5-6,8H2. The molecule has 2 heterocycles. The van der Waals surface area contributed by atoms with Gasteiger partial charge in [-0.3, -0.25) is 4.68 Å². The second kappa shape index (κ2) is 3.88. The lowest BCUT2D eigenvalue weighted by molar-refractivity contribution is -0.0315. The van der Waals surface area contributed by atoms with E-state index >= 15 is 0 Å². The Bertz CT molecular complexity index is 494. The van der Waals surface area contributed by atoms with Crippen molar-refractivity contribution in [3.05, 3.63) is 30.5 Å². The van der Waals surface area contributed by atoms with E-state index in [1.54, 1.807) is 0 Å². The summed E-state index contributed by atoms with van der Waals surface area (Å²) in [6.07, 6.45) is 2.15. The van der Waals surface area contributed by atoms with Gasteiger partial charge in [0.15, 0.2) is 0 Å². The van der Waals surface area contributed by atoms with E-state index in [9.17, 15) is 5.11 Å². The molecule has 1 aromatic carbocycles. The normalized spacial score (nSPS) is 26.1. The van der Waals surface area contributed by atoms with Gasteiger partial charge in [0.2, 0.25) is 0 Å². The summed E-state index contributed by atoms with van der Waals surface area (Å²) in [5.41, 5.74) is 1.05. The first-order valence-corrected chi connectivity index (χ1v) is 5.54. The molecule has 2 unspecified atom stereocenters. The Morgan fingerprint density at radius 2 is 2.25 bits per heavy atom. The molecule has 4 heteroatoms. The predicted molar refractivity (Wildman–Crippen MR) is 60.2 cm³/mol. The Balaban J connectivity index is 2.04. The van der Waals surface area contributed by atoms with Crippen molar-refractivity contribution in [3.63, 3.8) is 0 Å². The summed E-state index contributed by atoms with van der Waals surface area (Å²) in [6.45, 7) is 1.17. The third-order valence-electron chi connectivity index (χ3n) is 3.11. The third kappa shape index (κ3) is 1.50. The third-order valence-corrected chi connectivity index (χ3v) is 3.11. The van der Waals surface area contributed by atoms with Crippen molar-refractivity contribution in [2.45, 2.75) is 18.6 Å². The topological polar surface area (TPSA) is 47.3 Å². The Labute approximate surface area is 93.4 Å². The van der Waals surface area contributed by atoms with Gasteiger partial charge in [-0.25, -0.2) is 0 Å². The van der Waals surface area contributed by atoms with Crippen LogP contribution in [-0.2, 0) is 4.74 Å². The SMILES string of the molecule is OC1CCOCC1n1ncc2ccccc21. The molecule has 4 nitrogen and oxygen atoms in total. The van der Waals surface area contributed by atoms with Gasteiger partial charge in [0.05, 0.1) is 24.4 Å². The molecule has 1 aromatic heterocycles. The second-order valence-electron chi connectivity index (χ2n) is 4.15. The molecule has 16 heavy (non-hydrogen) atoms. The molecule has 0 saturated carbocycles. The van der Waals surface area contributed by atoms with Crippen LogP contribution in [0.15, 0.2) is 30.5 Å². The molecular weight excluding hydrogens is 204 g/mol. The van der Waals surface area contributed by atoms with E-state index < -0.39 is 0 Å². The van der Waals surface area contributed by atoms with E-state index in [-0.39, 0.29) is 12.1 Å². The number of fused-ring (bicyclic) bond motifs is 1. The van der Waals surface area contributed by atoms with Crippen LogP contribution in [-0.4, -0.2) is 34.2 Å². The number of benzene rings is 1. The number of rotatable bonds is 1. The summed E-state index contributed by atoms with van der Waals surface area (Å²) >= 11 is 0. The highest BCUT2D eigenvalue weighted by molar-refractivity contribution is 5.78. The number of para-hydroxylation sites is 1. The zero-order valence-corrected chi connectivity index (χ0v) is 8.91. The van der Waals surface area contributed by atoms with Gasteiger partial charge in [-0.05, 0) is 12.5 Å². The maximum Gasteiger partial charge on any atom is 0.102 e. The fourth-order valence-electron chi connectivity index (χ4n) is 2.20. The first-order chi connectivity index (χ1) is 7.86. The van der Waals surface area contributed by atoms with Crippen molar-refractivity contribution >= 4 is 10.9 Å². The molecule has 2 atom stereocenters. The highest BCUT2D eigenvalue weighted by Crippen LogP contribution is 2.24. The molecule has 0 bridgehead atoms. The molecule has 3 rings (SSSR count). The van der Waals surface area contributed by atoms with Crippen LogP contribution in [0.1, 0.15) is 12.5 Å². The van der Waals surface area contributed by atoms with Crippen molar-refractivity contribution in [3.8, 4) is 0 Å². The predicted octanol–water partition coefficient (Wildman–Crippen LogP) is 1.36. The van der Waals surface area contributed by atoms with Gasteiger partial charge in [0, 0.05) is 12.0 Å². The van der Waals surface area contributed by atoms with E-state index in [0.717, 1.165) is 10.9 Å². The van der Waals surface area contributed by atoms with Crippen molar-refractivity contribution in [2.24, 2.45) is 0 Å². The minimum absolute atomic E-state index is 0.0614. The summed E-state index contributed by atoms with van der Waals surface area (Å²) in [4.78, 5) is 0. The number of ether oxygens (including phenoxy) is 1. The molecule has 1 fully saturated rings. The van der Waals surface area contributed by atoms with Gasteiger partial charge in [-0.15, -0.1) is 0 Å². The van der Waals surface area contributed by atoms with Crippen LogP contribution in [0.2, 0.25) is 0 Å². The monoisotopic (exact) mass is 218 g/mol. The number of hydrogen-bond acceptors (Lipinski definition) is 3. The van der Waals surface area contributed by atoms with E-state index in [0.29, 0.717) is 19.6 Å². The quantitative estimate of drug-likeness (QED) is 0.786. The van der Waals surface area contributed by atoms with Crippen molar-refractivity contribution in [1.82, 2.24) is 9.78 Å². The molecule has 84 valence electrons. The van der Waals surface area contributed by atoms with Gasteiger partial charge in [-0.1, -0.05) is 18.2 Å². The molecular formula is C12H14N2O2. The molecule has 0 spiro atoms. The number of nitrogens with zero attached hydrogens (tertiary/aromatic N) is 2. The Morgan fingerprint density at radius 3 is 3.12 bits per heavy atom. The van der Waals surface area contributed by atoms with Crippen LogP contribution >= 0.6 is 0 Å². The van der Waals surface area contributed by atoms with Gasteiger partial charge < -0.3 is 9.84 Å². The highest BCUT2D eigenvalue weighted by atomic mass is 16.5.